The van der Waals surface area contributed by atoms with Crippen LogP contribution in [0.2, 0.25) is 0 Å². The van der Waals surface area contributed by atoms with Crippen LogP contribution >= 0.6 is 0 Å². The van der Waals surface area contributed by atoms with Gasteiger partial charge in [-0.2, -0.15) is 5.10 Å². The molecule has 0 radical (unpaired) electrons. The lowest BCUT2D eigenvalue weighted by atomic mass is 10.1. The number of nitrogens with zero attached hydrogens (tertiary/aromatic N) is 3. The summed E-state index contributed by atoms with van der Waals surface area (Å²) in [6.45, 7) is 0.755. The smallest absolute Gasteiger partial charge is 0.240 e. The number of rotatable bonds is 6. The fourth-order valence-corrected chi connectivity index (χ4v) is 3.16. The highest BCUT2D eigenvalue weighted by Crippen LogP contribution is 2.11. The van der Waals surface area contributed by atoms with Crippen LogP contribution in [0.25, 0.3) is 0 Å². The molecular weight excluding hydrogens is 331 g/mol. The van der Waals surface area contributed by atoms with Crippen LogP contribution in [0.1, 0.15) is 11.1 Å². The Morgan fingerprint density at radius 3 is 2.29 bits per heavy atom. The number of hydrogen-bond donors (Lipinski definition) is 1. The predicted molar refractivity (Wildman–Crippen MR) is 86.0 cm³/mol. The molecule has 0 aliphatic rings. The first kappa shape index (κ1) is 16.3. The first-order valence-corrected chi connectivity index (χ1v) is 8.67. The molecule has 124 valence electrons. The maximum Gasteiger partial charge on any atom is 0.240 e. The number of nitrogens with one attached hydrogen (secondary N) is 1. The topological polar surface area (TPSA) is 76.9 Å². The summed E-state index contributed by atoms with van der Waals surface area (Å²) in [7, 11) is -3.67. The highest BCUT2D eigenvalue weighted by atomic mass is 32.2. The van der Waals surface area contributed by atoms with Crippen molar-refractivity contribution in [2.45, 2.75) is 18.0 Å². The third-order valence-electron chi connectivity index (χ3n) is 3.42. The molecule has 0 bridgehead atoms. The van der Waals surface area contributed by atoms with Crippen molar-refractivity contribution in [3.05, 3.63) is 78.1 Å². The van der Waals surface area contributed by atoms with Gasteiger partial charge in [-0.05, 0) is 35.4 Å². The Morgan fingerprint density at radius 2 is 1.67 bits per heavy atom. The molecule has 3 aromatic rings. The summed E-state index contributed by atoms with van der Waals surface area (Å²) >= 11 is 0. The van der Waals surface area contributed by atoms with Crippen molar-refractivity contribution in [1.82, 2.24) is 19.5 Å². The van der Waals surface area contributed by atoms with Crippen molar-refractivity contribution >= 4 is 10.0 Å². The van der Waals surface area contributed by atoms with E-state index >= 15 is 0 Å². The van der Waals surface area contributed by atoms with Crippen molar-refractivity contribution in [3.63, 3.8) is 0 Å². The Kier molecular flexibility index (Phi) is 4.68. The molecule has 0 saturated carbocycles. The van der Waals surface area contributed by atoms with Gasteiger partial charge in [-0.25, -0.2) is 27.2 Å². The van der Waals surface area contributed by atoms with Crippen molar-refractivity contribution in [2.24, 2.45) is 0 Å². The molecule has 0 spiro atoms. The van der Waals surface area contributed by atoms with Crippen LogP contribution in [-0.2, 0) is 23.1 Å². The Bertz CT molecular complexity index is 892. The average Bonchev–Trinajstić information content (AvgIpc) is 3.08. The Morgan fingerprint density at radius 1 is 1.00 bits per heavy atom. The number of benzene rings is 2. The summed E-state index contributed by atoms with van der Waals surface area (Å²) in [5.74, 6) is -0.475. The predicted octanol–water partition coefficient (Wildman–Crippen LogP) is 1.94. The van der Waals surface area contributed by atoms with Crippen molar-refractivity contribution in [3.8, 4) is 0 Å². The summed E-state index contributed by atoms with van der Waals surface area (Å²) in [5.41, 5.74) is 1.86. The molecule has 1 N–H and O–H groups in total. The van der Waals surface area contributed by atoms with Gasteiger partial charge in [0, 0.05) is 6.54 Å². The molecular formula is C16H15FN4O2S. The van der Waals surface area contributed by atoms with Gasteiger partial charge in [0.25, 0.3) is 0 Å². The van der Waals surface area contributed by atoms with Crippen molar-refractivity contribution in [1.29, 1.82) is 0 Å². The van der Waals surface area contributed by atoms with E-state index in [1.165, 1.54) is 18.5 Å². The molecule has 0 fully saturated rings. The lowest BCUT2D eigenvalue weighted by Gasteiger charge is -2.08. The zero-order valence-electron chi connectivity index (χ0n) is 12.6. The largest absolute Gasteiger partial charge is 0.249 e. The van der Waals surface area contributed by atoms with E-state index in [2.05, 4.69) is 14.8 Å². The molecule has 0 amide bonds. The molecule has 0 unspecified atom stereocenters. The van der Waals surface area contributed by atoms with E-state index in [-0.39, 0.29) is 11.4 Å². The van der Waals surface area contributed by atoms with E-state index in [1.807, 2.05) is 24.3 Å². The van der Waals surface area contributed by atoms with E-state index in [9.17, 15) is 12.8 Å². The van der Waals surface area contributed by atoms with Crippen molar-refractivity contribution in [2.75, 3.05) is 0 Å². The van der Waals surface area contributed by atoms with Crippen LogP contribution in [0.3, 0.4) is 0 Å². The lowest BCUT2D eigenvalue weighted by molar-refractivity contribution is 0.580. The van der Waals surface area contributed by atoms with Gasteiger partial charge in [0.2, 0.25) is 10.0 Å². The fraction of sp³-hybridized carbons (Fsp3) is 0.125. The first-order chi connectivity index (χ1) is 11.5. The van der Waals surface area contributed by atoms with Gasteiger partial charge < -0.3 is 0 Å². The second-order valence-corrected chi connectivity index (χ2v) is 6.95. The zero-order chi connectivity index (χ0) is 17.0. The SMILES string of the molecule is O=S(=O)(NCc1ccc(Cn2cncn2)cc1)c1ccc(F)cc1. The van der Waals surface area contributed by atoms with Crippen LogP contribution in [-0.4, -0.2) is 23.2 Å². The lowest BCUT2D eigenvalue weighted by Crippen LogP contribution is -2.23. The highest BCUT2D eigenvalue weighted by Gasteiger charge is 2.13. The maximum absolute atomic E-state index is 12.9. The van der Waals surface area contributed by atoms with E-state index < -0.39 is 15.8 Å². The van der Waals surface area contributed by atoms with Gasteiger partial charge >= 0.3 is 0 Å². The second-order valence-electron chi connectivity index (χ2n) is 5.19. The van der Waals surface area contributed by atoms with Crippen LogP contribution in [0.5, 0.6) is 0 Å². The minimum atomic E-state index is -3.67. The fourth-order valence-electron chi connectivity index (χ4n) is 2.14. The standard InChI is InChI=1S/C16H15FN4O2S/c17-15-5-7-16(8-6-15)24(22,23)20-9-13-1-3-14(4-2-13)10-21-12-18-11-19-21/h1-8,11-12,20H,9-10H2. The molecule has 2 aromatic carbocycles. The number of hydrogen-bond acceptors (Lipinski definition) is 4. The normalized spacial score (nSPS) is 11.5. The minimum absolute atomic E-state index is 0.0340. The quantitative estimate of drug-likeness (QED) is 0.740. The minimum Gasteiger partial charge on any atom is -0.249 e. The number of aromatic nitrogens is 3. The Balaban J connectivity index is 1.62. The second kappa shape index (κ2) is 6.90. The van der Waals surface area contributed by atoms with Crippen LogP contribution < -0.4 is 4.72 Å². The highest BCUT2D eigenvalue weighted by molar-refractivity contribution is 7.89. The van der Waals surface area contributed by atoms with Crippen molar-refractivity contribution < 1.29 is 12.8 Å². The molecule has 24 heavy (non-hydrogen) atoms. The monoisotopic (exact) mass is 346 g/mol. The average molecular weight is 346 g/mol. The van der Waals surface area contributed by atoms with Gasteiger partial charge in [-0.1, -0.05) is 24.3 Å². The van der Waals surface area contributed by atoms with E-state index in [4.69, 9.17) is 0 Å². The van der Waals surface area contributed by atoms with Gasteiger partial charge in [0.15, 0.2) is 0 Å². The van der Waals surface area contributed by atoms with E-state index in [1.54, 1.807) is 11.0 Å². The summed E-state index contributed by atoms with van der Waals surface area (Å²) in [6, 6.07) is 12.2. The number of halogens is 1. The maximum atomic E-state index is 12.9. The number of sulfonamides is 1. The molecule has 6 nitrogen and oxygen atoms in total. The molecule has 3 rings (SSSR count). The van der Waals surface area contributed by atoms with Crippen LogP contribution in [0.4, 0.5) is 4.39 Å². The summed E-state index contributed by atoms with van der Waals surface area (Å²) in [4.78, 5) is 3.91. The van der Waals surface area contributed by atoms with Crippen LogP contribution in [0.15, 0.2) is 66.1 Å². The molecule has 1 aromatic heterocycles. The van der Waals surface area contributed by atoms with Crippen LogP contribution in [0, 0.1) is 5.82 Å². The van der Waals surface area contributed by atoms with E-state index in [0.29, 0.717) is 6.54 Å². The van der Waals surface area contributed by atoms with Gasteiger partial charge in [-0.15, -0.1) is 0 Å². The van der Waals surface area contributed by atoms with E-state index in [0.717, 1.165) is 23.3 Å². The third-order valence-corrected chi connectivity index (χ3v) is 4.84. The third kappa shape index (κ3) is 4.03. The molecule has 0 saturated heterocycles. The Labute approximate surface area is 139 Å². The molecule has 1 heterocycles. The molecule has 0 aliphatic carbocycles. The van der Waals surface area contributed by atoms with Gasteiger partial charge in [0.1, 0.15) is 18.5 Å². The Hall–Kier alpha value is -2.58. The summed E-state index contributed by atoms with van der Waals surface area (Å²) < 4.78 is 41.4. The molecule has 0 atom stereocenters. The summed E-state index contributed by atoms with van der Waals surface area (Å²) in [6.07, 6.45) is 3.10. The summed E-state index contributed by atoms with van der Waals surface area (Å²) in [5, 5.41) is 4.03. The molecule has 8 heteroatoms. The van der Waals surface area contributed by atoms with Gasteiger partial charge in [-0.3, -0.25) is 0 Å². The first-order valence-electron chi connectivity index (χ1n) is 7.18. The van der Waals surface area contributed by atoms with Gasteiger partial charge in [0.05, 0.1) is 11.4 Å². The molecule has 0 aliphatic heterocycles. The zero-order valence-corrected chi connectivity index (χ0v) is 13.4.